The van der Waals surface area contributed by atoms with Crippen molar-refractivity contribution in [1.82, 2.24) is 9.55 Å². The second kappa shape index (κ2) is 5.59. The number of carboxylic acid groups (broad SMARTS) is 1. The summed E-state index contributed by atoms with van der Waals surface area (Å²) in [6.07, 6.45) is -0.614. The first-order valence-corrected chi connectivity index (χ1v) is 6.46. The largest absolute Gasteiger partial charge is 0.481 e. The summed E-state index contributed by atoms with van der Waals surface area (Å²) in [6, 6.07) is 5.29. The Bertz CT molecular complexity index is 609. The van der Waals surface area contributed by atoms with Crippen LogP contribution in [-0.2, 0) is 11.3 Å². The Morgan fingerprint density at radius 1 is 1.53 bits per heavy atom. The molecule has 19 heavy (non-hydrogen) atoms. The van der Waals surface area contributed by atoms with E-state index >= 15 is 0 Å². The molecule has 1 aromatic carbocycles. The fraction of sp³-hybridized carbons (Fsp3) is 0.385. The predicted octanol–water partition coefficient (Wildman–Crippen LogP) is 2.61. The third-order valence-corrected chi connectivity index (χ3v) is 3.09. The number of imidazole rings is 1. The Kier molecular flexibility index (Phi) is 4.07. The molecular formula is C13H15ClN2O3. The molecule has 1 atom stereocenters. The molecule has 0 spiro atoms. The van der Waals surface area contributed by atoms with Crippen molar-refractivity contribution in [3.05, 3.63) is 29.0 Å². The molecule has 1 heterocycles. The number of halogens is 1. The van der Waals surface area contributed by atoms with Gasteiger partial charge in [0.25, 0.3) is 0 Å². The molecule has 2 N–H and O–H groups in total. The number of aliphatic carboxylic acids is 1. The zero-order valence-electron chi connectivity index (χ0n) is 10.5. The van der Waals surface area contributed by atoms with Crippen LogP contribution in [0, 0.1) is 0 Å². The molecule has 1 aromatic heterocycles. The highest BCUT2D eigenvalue weighted by Crippen LogP contribution is 2.25. The topological polar surface area (TPSA) is 75.4 Å². The first-order valence-electron chi connectivity index (χ1n) is 6.08. The van der Waals surface area contributed by atoms with Crippen molar-refractivity contribution < 1.29 is 15.0 Å². The number of aliphatic hydroxyl groups is 1. The van der Waals surface area contributed by atoms with E-state index in [2.05, 4.69) is 4.98 Å². The molecule has 0 unspecified atom stereocenters. The number of aliphatic hydroxyl groups excluding tert-OH is 1. The van der Waals surface area contributed by atoms with Gasteiger partial charge in [-0.2, -0.15) is 0 Å². The molecule has 102 valence electrons. The lowest BCUT2D eigenvalue weighted by molar-refractivity contribution is -0.139. The van der Waals surface area contributed by atoms with E-state index in [1.54, 1.807) is 12.1 Å². The number of fused-ring (bicyclic) bond motifs is 1. The second-order valence-corrected chi connectivity index (χ2v) is 4.80. The number of carbonyl (C=O) groups is 1. The Morgan fingerprint density at radius 2 is 2.26 bits per heavy atom. The fourth-order valence-electron chi connectivity index (χ4n) is 2.09. The van der Waals surface area contributed by atoms with Crippen LogP contribution in [0.2, 0.25) is 5.02 Å². The van der Waals surface area contributed by atoms with Crippen molar-refractivity contribution in [2.45, 2.75) is 32.4 Å². The number of aryl methyl sites for hydroxylation is 1. The molecule has 6 heteroatoms. The van der Waals surface area contributed by atoms with Gasteiger partial charge < -0.3 is 14.8 Å². The zero-order chi connectivity index (χ0) is 14.0. The van der Waals surface area contributed by atoms with Crippen LogP contribution < -0.4 is 0 Å². The van der Waals surface area contributed by atoms with E-state index in [1.165, 1.54) is 0 Å². The molecule has 0 aliphatic heterocycles. The summed E-state index contributed by atoms with van der Waals surface area (Å²) in [5.41, 5.74) is 1.52. The minimum Gasteiger partial charge on any atom is -0.481 e. The Balaban J connectivity index is 2.52. The molecule has 0 aliphatic rings. The number of rotatable bonds is 5. The minimum atomic E-state index is -1.12. The monoisotopic (exact) mass is 282 g/mol. The number of aromatic nitrogens is 2. The normalized spacial score (nSPS) is 12.8. The van der Waals surface area contributed by atoms with Crippen LogP contribution >= 0.6 is 11.6 Å². The Hall–Kier alpha value is -1.59. The van der Waals surface area contributed by atoms with Crippen LogP contribution in [0.15, 0.2) is 18.2 Å². The van der Waals surface area contributed by atoms with Gasteiger partial charge in [-0.15, -0.1) is 0 Å². The van der Waals surface area contributed by atoms with Crippen molar-refractivity contribution in [2.75, 3.05) is 0 Å². The van der Waals surface area contributed by atoms with Gasteiger partial charge in [-0.1, -0.05) is 18.5 Å². The highest BCUT2D eigenvalue weighted by atomic mass is 35.5. The van der Waals surface area contributed by atoms with Crippen molar-refractivity contribution >= 4 is 28.6 Å². The number of carboxylic acids is 1. The maximum Gasteiger partial charge on any atom is 0.306 e. The smallest absolute Gasteiger partial charge is 0.306 e. The number of nitrogens with zero attached hydrogens (tertiary/aromatic N) is 2. The van der Waals surface area contributed by atoms with Crippen LogP contribution in [0.1, 0.15) is 31.7 Å². The predicted molar refractivity (Wildman–Crippen MR) is 72.2 cm³/mol. The van der Waals surface area contributed by atoms with Gasteiger partial charge in [0, 0.05) is 11.6 Å². The van der Waals surface area contributed by atoms with E-state index in [4.69, 9.17) is 16.7 Å². The van der Waals surface area contributed by atoms with Crippen molar-refractivity contribution in [2.24, 2.45) is 0 Å². The third-order valence-electron chi connectivity index (χ3n) is 2.85. The van der Waals surface area contributed by atoms with Crippen LogP contribution in [0.5, 0.6) is 0 Å². The van der Waals surface area contributed by atoms with E-state index in [0.717, 1.165) is 11.9 Å². The van der Waals surface area contributed by atoms with E-state index in [0.29, 0.717) is 22.9 Å². The van der Waals surface area contributed by atoms with Gasteiger partial charge in [-0.25, -0.2) is 4.98 Å². The van der Waals surface area contributed by atoms with Crippen molar-refractivity contribution in [3.63, 3.8) is 0 Å². The average molecular weight is 283 g/mol. The molecule has 0 aliphatic carbocycles. The number of hydrogen-bond acceptors (Lipinski definition) is 3. The van der Waals surface area contributed by atoms with E-state index in [-0.39, 0.29) is 6.42 Å². The third kappa shape index (κ3) is 2.88. The summed E-state index contributed by atoms with van der Waals surface area (Å²) in [6.45, 7) is 2.68. The first-order chi connectivity index (χ1) is 9.02. The molecule has 0 saturated carbocycles. The van der Waals surface area contributed by atoms with Crippen LogP contribution in [0.4, 0.5) is 0 Å². The molecule has 0 bridgehead atoms. The molecule has 0 amide bonds. The van der Waals surface area contributed by atoms with Gasteiger partial charge in [0.2, 0.25) is 0 Å². The van der Waals surface area contributed by atoms with Gasteiger partial charge in [0.05, 0.1) is 17.5 Å². The minimum absolute atomic E-state index is 0.360. The van der Waals surface area contributed by atoms with E-state index in [1.807, 2.05) is 17.6 Å². The molecule has 0 fully saturated rings. The van der Waals surface area contributed by atoms with Gasteiger partial charge in [0.1, 0.15) is 11.9 Å². The van der Waals surface area contributed by atoms with Gasteiger partial charge in [-0.3, -0.25) is 4.79 Å². The fourth-order valence-corrected chi connectivity index (χ4v) is 2.26. The number of hydrogen-bond donors (Lipinski definition) is 2. The van der Waals surface area contributed by atoms with E-state index in [9.17, 15) is 9.90 Å². The second-order valence-electron chi connectivity index (χ2n) is 4.37. The van der Waals surface area contributed by atoms with E-state index < -0.39 is 12.1 Å². The van der Waals surface area contributed by atoms with Gasteiger partial charge >= 0.3 is 5.97 Å². The SMILES string of the molecule is CCCn1c([C@H](O)CC(=O)O)nc2cc(Cl)ccc21. The molecule has 0 saturated heterocycles. The van der Waals surface area contributed by atoms with Crippen LogP contribution in [0.25, 0.3) is 11.0 Å². The quantitative estimate of drug-likeness (QED) is 0.884. The first kappa shape index (κ1) is 13.8. The zero-order valence-corrected chi connectivity index (χ0v) is 11.3. The summed E-state index contributed by atoms with van der Waals surface area (Å²) in [4.78, 5) is 15.0. The molecule has 0 radical (unpaired) electrons. The summed E-state index contributed by atoms with van der Waals surface area (Å²) < 4.78 is 1.85. The van der Waals surface area contributed by atoms with Crippen molar-refractivity contribution in [3.8, 4) is 0 Å². The van der Waals surface area contributed by atoms with Crippen LogP contribution in [-0.4, -0.2) is 25.7 Å². The highest BCUT2D eigenvalue weighted by molar-refractivity contribution is 6.31. The standard InChI is InChI=1S/C13H15ClN2O3/c1-2-5-16-10-4-3-8(14)6-9(10)15-13(16)11(17)7-12(18)19/h3-4,6,11,17H,2,5,7H2,1H3,(H,18,19)/t11-/m1/s1. The lowest BCUT2D eigenvalue weighted by atomic mass is 10.2. The lowest BCUT2D eigenvalue weighted by Crippen LogP contribution is -2.12. The van der Waals surface area contributed by atoms with Crippen molar-refractivity contribution in [1.29, 1.82) is 0 Å². The highest BCUT2D eigenvalue weighted by Gasteiger charge is 2.20. The summed E-state index contributed by atoms with van der Waals surface area (Å²) in [7, 11) is 0. The van der Waals surface area contributed by atoms with Gasteiger partial charge in [0.15, 0.2) is 0 Å². The molecular weight excluding hydrogens is 268 g/mol. The Labute approximate surface area is 115 Å². The maximum atomic E-state index is 10.7. The molecule has 5 nitrogen and oxygen atoms in total. The Morgan fingerprint density at radius 3 is 2.89 bits per heavy atom. The lowest BCUT2D eigenvalue weighted by Gasteiger charge is -2.11. The molecule has 2 aromatic rings. The summed E-state index contributed by atoms with van der Waals surface area (Å²) >= 11 is 5.92. The maximum absolute atomic E-state index is 10.7. The average Bonchev–Trinajstić information content (AvgIpc) is 2.67. The summed E-state index contributed by atoms with van der Waals surface area (Å²) in [5, 5.41) is 19.3. The number of benzene rings is 1. The van der Waals surface area contributed by atoms with Crippen LogP contribution in [0.3, 0.4) is 0 Å². The summed E-state index contributed by atoms with van der Waals surface area (Å²) in [5.74, 6) is -0.679. The van der Waals surface area contributed by atoms with Gasteiger partial charge in [-0.05, 0) is 24.6 Å². The molecule has 2 rings (SSSR count).